The van der Waals surface area contributed by atoms with Gasteiger partial charge in [0.1, 0.15) is 0 Å². The van der Waals surface area contributed by atoms with Gasteiger partial charge in [0.25, 0.3) is 5.91 Å². The summed E-state index contributed by atoms with van der Waals surface area (Å²) in [5, 5.41) is 5.95. The van der Waals surface area contributed by atoms with E-state index in [1.54, 1.807) is 0 Å². The molecule has 0 aliphatic heterocycles. The Morgan fingerprint density at radius 2 is 1.94 bits per heavy atom. The van der Waals surface area contributed by atoms with E-state index in [-0.39, 0.29) is 5.91 Å². The number of anilines is 1. The zero-order valence-corrected chi connectivity index (χ0v) is 11.3. The lowest BCUT2D eigenvalue weighted by Gasteiger charge is -2.06. The van der Waals surface area contributed by atoms with Gasteiger partial charge in [0.2, 0.25) is 0 Å². The van der Waals surface area contributed by atoms with Crippen LogP contribution in [0, 0.1) is 0 Å². The molecule has 0 fully saturated rings. The van der Waals surface area contributed by atoms with E-state index in [0.29, 0.717) is 5.56 Å². The number of amides is 1. The van der Waals surface area contributed by atoms with Gasteiger partial charge < -0.3 is 10.6 Å². The Morgan fingerprint density at radius 1 is 1.24 bits per heavy atom. The lowest BCUT2D eigenvalue weighted by Crippen LogP contribution is -2.24. The molecule has 0 bridgehead atoms. The molecule has 0 spiro atoms. The minimum Gasteiger partial charge on any atom is -0.388 e. The van der Waals surface area contributed by atoms with Gasteiger partial charge in [-0.05, 0) is 49.1 Å². The average molecular weight is 252 g/mol. The van der Waals surface area contributed by atoms with Crippen LogP contribution >= 0.6 is 11.8 Å². The van der Waals surface area contributed by atoms with Gasteiger partial charge in [-0.25, -0.2) is 0 Å². The van der Waals surface area contributed by atoms with Crippen LogP contribution in [-0.4, -0.2) is 31.5 Å². The highest BCUT2D eigenvalue weighted by Gasteiger charge is 2.03. The fourth-order valence-corrected chi connectivity index (χ4v) is 1.96. The number of carbonyl (C=O) groups excluding carboxylic acids is 1. The molecule has 94 valence electrons. The van der Waals surface area contributed by atoms with Crippen molar-refractivity contribution in [3.05, 3.63) is 29.8 Å². The second-order valence-electron chi connectivity index (χ2n) is 3.78. The van der Waals surface area contributed by atoms with Gasteiger partial charge in [-0.1, -0.05) is 0 Å². The fourth-order valence-electron chi connectivity index (χ4n) is 1.46. The molecule has 1 amide bonds. The monoisotopic (exact) mass is 252 g/mol. The summed E-state index contributed by atoms with van der Waals surface area (Å²) in [5.74, 6) is 1.17. The number of rotatable bonds is 7. The van der Waals surface area contributed by atoms with Crippen molar-refractivity contribution in [2.75, 3.05) is 30.9 Å². The summed E-state index contributed by atoms with van der Waals surface area (Å²) < 4.78 is 0. The molecule has 0 unspecified atom stereocenters. The smallest absolute Gasteiger partial charge is 0.251 e. The van der Waals surface area contributed by atoms with Crippen LogP contribution in [0.25, 0.3) is 0 Å². The maximum absolute atomic E-state index is 11.7. The van der Waals surface area contributed by atoms with E-state index >= 15 is 0 Å². The summed E-state index contributed by atoms with van der Waals surface area (Å²) in [7, 11) is 1.86. The van der Waals surface area contributed by atoms with Crippen molar-refractivity contribution in [2.24, 2.45) is 0 Å². The standard InChI is InChI=1S/C13H20N2OS/c1-14-12-7-5-11(6-8-12)13(16)15-9-3-4-10-17-2/h5-8,14H,3-4,9-10H2,1-2H3,(H,15,16). The lowest BCUT2D eigenvalue weighted by atomic mass is 10.2. The molecule has 1 aromatic rings. The minimum atomic E-state index is 0.0109. The van der Waals surface area contributed by atoms with Crippen LogP contribution in [0.2, 0.25) is 0 Å². The molecule has 4 heteroatoms. The van der Waals surface area contributed by atoms with E-state index in [9.17, 15) is 4.79 Å². The largest absolute Gasteiger partial charge is 0.388 e. The van der Waals surface area contributed by atoms with Gasteiger partial charge >= 0.3 is 0 Å². The molecular weight excluding hydrogens is 232 g/mol. The summed E-state index contributed by atoms with van der Waals surface area (Å²) in [5.41, 5.74) is 1.73. The number of benzene rings is 1. The van der Waals surface area contributed by atoms with Gasteiger partial charge in [-0.3, -0.25) is 4.79 Å². The van der Waals surface area contributed by atoms with Crippen molar-refractivity contribution < 1.29 is 4.79 Å². The number of carbonyl (C=O) groups is 1. The molecule has 0 aromatic heterocycles. The fraction of sp³-hybridized carbons (Fsp3) is 0.462. The van der Waals surface area contributed by atoms with E-state index in [2.05, 4.69) is 16.9 Å². The third kappa shape index (κ3) is 5.13. The van der Waals surface area contributed by atoms with Crippen LogP contribution in [0.3, 0.4) is 0 Å². The van der Waals surface area contributed by atoms with Crippen LogP contribution in [-0.2, 0) is 0 Å². The molecule has 1 aromatic carbocycles. The first-order chi connectivity index (χ1) is 8.27. The first kappa shape index (κ1) is 13.9. The topological polar surface area (TPSA) is 41.1 Å². The molecule has 0 heterocycles. The van der Waals surface area contributed by atoms with E-state index in [4.69, 9.17) is 0 Å². The van der Waals surface area contributed by atoms with E-state index in [1.165, 1.54) is 0 Å². The van der Waals surface area contributed by atoms with E-state index in [0.717, 1.165) is 30.8 Å². The minimum absolute atomic E-state index is 0.0109. The molecule has 0 atom stereocenters. The maximum atomic E-state index is 11.7. The SMILES string of the molecule is CNc1ccc(C(=O)NCCCCSC)cc1. The summed E-state index contributed by atoms with van der Waals surface area (Å²) in [6.07, 6.45) is 4.29. The normalized spacial score (nSPS) is 10.0. The highest BCUT2D eigenvalue weighted by atomic mass is 32.2. The molecule has 0 saturated heterocycles. The number of hydrogen-bond acceptors (Lipinski definition) is 3. The van der Waals surface area contributed by atoms with Crippen molar-refractivity contribution in [1.29, 1.82) is 0 Å². The van der Waals surface area contributed by atoms with Crippen LogP contribution in [0.1, 0.15) is 23.2 Å². The Kier molecular flexibility index (Phi) is 6.55. The van der Waals surface area contributed by atoms with Crippen molar-refractivity contribution in [3.8, 4) is 0 Å². The van der Waals surface area contributed by atoms with Crippen molar-refractivity contribution in [2.45, 2.75) is 12.8 Å². The van der Waals surface area contributed by atoms with E-state index < -0.39 is 0 Å². The molecule has 0 aliphatic carbocycles. The predicted octanol–water partition coefficient (Wildman–Crippen LogP) is 2.60. The lowest BCUT2D eigenvalue weighted by molar-refractivity contribution is 0.0953. The van der Waals surface area contributed by atoms with Crippen LogP contribution < -0.4 is 10.6 Å². The molecular formula is C13H20N2OS. The molecule has 0 radical (unpaired) electrons. The second-order valence-corrected chi connectivity index (χ2v) is 4.77. The third-order valence-electron chi connectivity index (χ3n) is 2.50. The van der Waals surface area contributed by atoms with Crippen molar-refractivity contribution >= 4 is 23.4 Å². The van der Waals surface area contributed by atoms with Gasteiger partial charge in [0.05, 0.1) is 0 Å². The zero-order chi connectivity index (χ0) is 12.5. The van der Waals surface area contributed by atoms with Gasteiger partial charge in [0, 0.05) is 24.8 Å². The van der Waals surface area contributed by atoms with Gasteiger partial charge in [-0.2, -0.15) is 11.8 Å². The number of hydrogen-bond donors (Lipinski definition) is 2. The molecule has 3 nitrogen and oxygen atoms in total. The zero-order valence-electron chi connectivity index (χ0n) is 10.5. The predicted molar refractivity (Wildman–Crippen MR) is 75.9 cm³/mol. The van der Waals surface area contributed by atoms with Gasteiger partial charge in [-0.15, -0.1) is 0 Å². The third-order valence-corrected chi connectivity index (χ3v) is 3.19. The number of thioether (sulfide) groups is 1. The Morgan fingerprint density at radius 3 is 2.53 bits per heavy atom. The summed E-state index contributed by atoms with van der Waals surface area (Å²) in [6, 6.07) is 7.48. The Hall–Kier alpha value is -1.16. The first-order valence-corrected chi connectivity index (χ1v) is 7.22. The van der Waals surface area contributed by atoms with E-state index in [1.807, 2.05) is 43.1 Å². The average Bonchev–Trinajstić information content (AvgIpc) is 2.38. The quantitative estimate of drug-likeness (QED) is 0.733. The van der Waals surface area contributed by atoms with Crippen LogP contribution in [0.4, 0.5) is 5.69 Å². The van der Waals surface area contributed by atoms with Crippen LogP contribution in [0.15, 0.2) is 24.3 Å². The Balaban J connectivity index is 2.31. The Labute approximate surface area is 107 Å². The second kappa shape index (κ2) is 8.01. The molecule has 0 saturated carbocycles. The molecule has 1 rings (SSSR count). The molecule has 17 heavy (non-hydrogen) atoms. The highest BCUT2D eigenvalue weighted by molar-refractivity contribution is 7.98. The first-order valence-electron chi connectivity index (χ1n) is 5.83. The summed E-state index contributed by atoms with van der Waals surface area (Å²) in [4.78, 5) is 11.7. The molecule has 2 N–H and O–H groups in total. The Bertz CT molecular complexity index is 338. The summed E-state index contributed by atoms with van der Waals surface area (Å²) in [6.45, 7) is 0.757. The van der Waals surface area contributed by atoms with Crippen molar-refractivity contribution in [1.82, 2.24) is 5.32 Å². The molecule has 0 aliphatic rings. The van der Waals surface area contributed by atoms with Gasteiger partial charge in [0.15, 0.2) is 0 Å². The number of nitrogens with one attached hydrogen (secondary N) is 2. The van der Waals surface area contributed by atoms with Crippen molar-refractivity contribution in [3.63, 3.8) is 0 Å². The highest BCUT2D eigenvalue weighted by Crippen LogP contribution is 2.08. The maximum Gasteiger partial charge on any atom is 0.251 e. The number of unbranched alkanes of at least 4 members (excludes halogenated alkanes) is 1. The van der Waals surface area contributed by atoms with Crippen LogP contribution in [0.5, 0.6) is 0 Å². The summed E-state index contributed by atoms with van der Waals surface area (Å²) >= 11 is 1.84.